The highest BCUT2D eigenvalue weighted by molar-refractivity contribution is 8.00. The van der Waals surface area contributed by atoms with Gasteiger partial charge >= 0.3 is 0 Å². The lowest BCUT2D eigenvalue weighted by Crippen LogP contribution is -2.22. The van der Waals surface area contributed by atoms with Crippen molar-refractivity contribution in [2.24, 2.45) is 0 Å². The van der Waals surface area contributed by atoms with Crippen LogP contribution in [0.1, 0.15) is 19.4 Å². The average molecular weight is 484 g/mol. The summed E-state index contributed by atoms with van der Waals surface area (Å²) in [6.45, 7) is 5.12. The van der Waals surface area contributed by atoms with Crippen LogP contribution >= 0.6 is 11.8 Å². The molecule has 0 bridgehead atoms. The van der Waals surface area contributed by atoms with Gasteiger partial charge in [0.15, 0.2) is 0 Å². The number of amides is 2. The summed E-state index contributed by atoms with van der Waals surface area (Å²) in [5.41, 5.74) is 2.70. The molecule has 1 unspecified atom stereocenters. The lowest BCUT2D eigenvalue weighted by Gasteiger charge is -2.13. The fraction of sp³-hybridized carbons (Fsp3) is 0.167. The third-order valence-corrected chi connectivity index (χ3v) is 7.10. The first kappa shape index (κ1) is 24.3. The molecule has 3 aromatic rings. The topological polar surface area (TPSA) is 104 Å². The highest BCUT2D eigenvalue weighted by Gasteiger charge is 2.16. The minimum Gasteiger partial charge on any atom is -0.326 e. The second kappa shape index (κ2) is 10.5. The van der Waals surface area contributed by atoms with E-state index < -0.39 is 10.0 Å². The van der Waals surface area contributed by atoms with Crippen molar-refractivity contribution in [3.8, 4) is 0 Å². The molecule has 3 N–H and O–H groups in total. The predicted octanol–water partition coefficient (Wildman–Crippen LogP) is 4.87. The first-order valence-electron chi connectivity index (χ1n) is 10.2. The molecule has 3 rings (SSSR count). The lowest BCUT2D eigenvalue weighted by molar-refractivity contribution is -0.115. The number of benzene rings is 3. The van der Waals surface area contributed by atoms with Crippen LogP contribution in [-0.4, -0.2) is 25.5 Å². The van der Waals surface area contributed by atoms with Crippen LogP contribution in [0.2, 0.25) is 0 Å². The first-order valence-corrected chi connectivity index (χ1v) is 12.5. The molecular weight excluding hydrogens is 458 g/mol. The van der Waals surface area contributed by atoms with Gasteiger partial charge in [-0.3, -0.25) is 14.3 Å². The maximum absolute atomic E-state index is 12.5. The van der Waals surface area contributed by atoms with Crippen LogP contribution in [0, 0.1) is 6.92 Å². The van der Waals surface area contributed by atoms with Gasteiger partial charge in [0, 0.05) is 28.9 Å². The molecule has 2 amide bonds. The molecule has 0 saturated carbocycles. The van der Waals surface area contributed by atoms with Crippen LogP contribution in [0.4, 0.5) is 17.1 Å². The van der Waals surface area contributed by atoms with Gasteiger partial charge in [-0.1, -0.05) is 17.7 Å². The summed E-state index contributed by atoms with van der Waals surface area (Å²) in [4.78, 5) is 24.6. The number of anilines is 3. The van der Waals surface area contributed by atoms with E-state index in [1.54, 1.807) is 79.7 Å². The summed E-state index contributed by atoms with van der Waals surface area (Å²) in [5.74, 6) is -0.331. The zero-order valence-corrected chi connectivity index (χ0v) is 20.1. The Bertz CT molecular complexity index is 1220. The fourth-order valence-electron chi connectivity index (χ4n) is 2.87. The number of aryl methyl sites for hydroxylation is 1. The molecule has 0 saturated heterocycles. The highest BCUT2D eigenvalue weighted by Crippen LogP contribution is 2.27. The lowest BCUT2D eigenvalue weighted by atomic mass is 10.2. The Kier molecular flexibility index (Phi) is 7.78. The molecule has 1 atom stereocenters. The molecule has 0 aliphatic rings. The molecule has 9 heteroatoms. The highest BCUT2D eigenvalue weighted by atomic mass is 32.2. The molecule has 172 valence electrons. The second-order valence-corrected chi connectivity index (χ2v) is 10.5. The first-order chi connectivity index (χ1) is 15.6. The number of sulfonamides is 1. The van der Waals surface area contributed by atoms with Crippen LogP contribution in [0.15, 0.2) is 82.6 Å². The van der Waals surface area contributed by atoms with E-state index in [1.165, 1.54) is 18.7 Å². The average Bonchev–Trinajstić information content (AvgIpc) is 2.76. The van der Waals surface area contributed by atoms with Gasteiger partial charge in [-0.15, -0.1) is 11.8 Å². The Labute approximate surface area is 198 Å². The number of thioether (sulfide) groups is 1. The number of nitrogens with one attached hydrogen (secondary N) is 3. The van der Waals surface area contributed by atoms with E-state index in [-0.39, 0.29) is 22.0 Å². The zero-order valence-electron chi connectivity index (χ0n) is 18.5. The summed E-state index contributed by atoms with van der Waals surface area (Å²) < 4.78 is 27.6. The SMILES string of the molecule is CC(=O)Nc1ccc(NC(=O)C(C)Sc2ccc(NS(=O)(=O)c3ccc(C)cc3)cc2)cc1. The normalized spacial score (nSPS) is 12.0. The van der Waals surface area contributed by atoms with E-state index in [1.807, 2.05) is 6.92 Å². The van der Waals surface area contributed by atoms with Crippen molar-refractivity contribution >= 4 is 50.7 Å². The minimum absolute atomic E-state index is 0.161. The van der Waals surface area contributed by atoms with Gasteiger partial charge in [0.05, 0.1) is 10.1 Å². The van der Waals surface area contributed by atoms with Crippen LogP contribution in [0.5, 0.6) is 0 Å². The van der Waals surface area contributed by atoms with Crippen LogP contribution < -0.4 is 15.4 Å². The maximum Gasteiger partial charge on any atom is 0.261 e. The van der Waals surface area contributed by atoms with Crippen molar-refractivity contribution in [1.29, 1.82) is 0 Å². The van der Waals surface area contributed by atoms with Crippen molar-refractivity contribution in [1.82, 2.24) is 0 Å². The van der Waals surface area contributed by atoms with E-state index in [9.17, 15) is 18.0 Å². The summed E-state index contributed by atoms with van der Waals surface area (Å²) in [6.07, 6.45) is 0. The number of carbonyl (C=O) groups excluding carboxylic acids is 2. The Morgan fingerprint density at radius 2 is 1.30 bits per heavy atom. The molecule has 0 spiro atoms. The predicted molar refractivity (Wildman–Crippen MR) is 133 cm³/mol. The summed E-state index contributed by atoms with van der Waals surface area (Å²) in [7, 11) is -3.67. The molecule has 0 radical (unpaired) electrons. The molecular formula is C24H25N3O4S2. The van der Waals surface area contributed by atoms with Crippen molar-refractivity contribution in [3.63, 3.8) is 0 Å². The van der Waals surface area contributed by atoms with Crippen molar-refractivity contribution in [2.75, 3.05) is 15.4 Å². The van der Waals surface area contributed by atoms with Gasteiger partial charge in [0.2, 0.25) is 11.8 Å². The Morgan fingerprint density at radius 1 is 0.788 bits per heavy atom. The van der Waals surface area contributed by atoms with Gasteiger partial charge < -0.3 is 10.6 Å². The Balaban J connectivity index is 1.57. The maximum atomic E-state index is 12.5. The number of rotatable bonds is 8. The van der Waals surface area contributed by atoms with Gasteiger partial charge in [0.25, 0.3) is 10.0 Å². The largest absolute Gasteiger partial charge is 0.326 e. The van der Waals surface area contributed by atoms with Crippen molar-refractivity contribution < 1.29 is 18.0 Å². The quantitative estimate of drug-likeness (QED) is 0.397. The monoisotopic (exact) mass is 483 g/mol. The third kappa shape index (κ3) is 7.10. The van der Waals surface area contributed by atoms with E-state index in [4.69, 9.17) is 0 Å². The Hall–Kier alpha value is -3.30. The zero-order chi connectivity index (χ0) is 24.0. The second-order valence-electron chi connectivity index (χ2n) is 7.45. The van der Waals surface area contributed by atoms with Gasteiger partial charge in [-0.2, -0.15) is 0 Å². The van der Waals surface area contributed by atoms with E-state index in [0.717, 1.165) is 10.5 Å². The fourth-order valence-corrected chi connectivity index (χ4v) is 4.80. The van der Waals surface area contributed by atoms with Gasteiger partial charge in [-0.05, 0) is 74.5 Å². The molecule has 0 aliphatic heterocycles. The van der Waals surface area contributed by atoms with Crippen molar-refractivity contribution in [2.45, 2.75) is 35.8 Å². The smallest absolute Gasteiger partial charge is 0.261 e. The summed E-state index contributed by atoms with van der Waals surface area (Å²) in [5, 5.41) is 5.14. The van der Waals surface area contributed by atoms with E-state index >= 15 is 0 Å². The summed E-state index contributed by atoms with van der Waals surface area (Å²) >= 11 is 1.36. The third-order valence-electron chi connectivity index (χ3n) is 4.59. The van der Waals surface area contributed by atoms with Crippen LogP contribution in [0.25, 0.3) is 0 Å². The number of hydrogen-bond donors (Lipinski definition) is 3. The number of carbonyl (C=O) groups is 2. The number of hydrogen-bond acceptors (Lipinski definition) is 5. The molecule has 0 heterocycles. The molecule has 0 fully saturated rings. The van der Waals surface area contributed by atoms with Gasteiger partial charge in [0.1, 0.15) is 0 Å². The van der Waals surface area contributed by atoms with Crippen LogP contribution in [-0.2, 0) is 19.6 Å². The van der Waals surface area contributed by atoms with Crippen molar-refractivity contribution in [3.05, 3.63) is 78.4 Å². The molecule has 0 aliphatic carbocycles. The van der Waals surface area contributed by atoms with E-state index in [0.29, 0.717) is 17.1 Å². The van der Waals surface area contributed by atoms with Crippen LogP contribution in [0.3, 0.4) is 0 Å². The molecule has 33 heavy (non-hydrogen) atoms. The summed E-state index contributed by atoms with van der Waals surface area (Å²) in [6, 6.07) is 20.4. The standard InChI is InChI=1S/C24H25N3O4S2/c1-16-4-14-23(15-5-16)33(30,31)27-21-10-12-22(13-11-21)32-17(2)24(29)26-20-8-6-19(7-9-20)25-18(3)28/h4-15,17,27H,1-3H3,(H,25,28)(H,26,29). The van der Waals surface area contributed by atoms with Gasteiger partial charge in [-0.25, -0.2) is 8.42 Å². The minimum atomic E-state index is -3.67. The molecule has 3 aromatic carbocycles. The van der Waals surface area contributed by atoms with E-state index in [2.05, 4.69) is 15.4 Å². The Morgan fingerprint density at radius 3 is 1.85 bits per heavy atom. The molecule has 0 aromatic heterocycles. The molecule has 7 nitrogen and oxygen atoms in total.